The molecule has 0 aliphatic carbocycles. The fourth-order valence-corrected chi connectivity index (χ4v) is 3.51. The number of carbonyl (C=O) groups excluding carboxylic acids is 1. The Morgan fingerprint density at radius 1 is 1.44 bits per heavy atom. The molecule has 0 radical (unpaired) electrons. The molecule has 0 spiro atoms. The first-order valence-electron chi connectivity index (χ1n) is 5.10. The van der Waals surface area contributed by atoms with E-state index in [1.807, 2.05) is 11.8 Å². The molecule has 1 aromatic heterocycles. The van der Waals surface area contributed by atoms with Crippen LogP contribution in [0.1, 0.15) is 22.6 Å². The van der Waals surface area contributed by atoms with Crippen molar-refractivity contribution in [2.75, 3.05) is 18.1 Å². The Kier molecular flexibility index (Phi) is 4.43. The number of nitrogens with one attached hydrogen (secondary N) is 1. The van der Waals surface area contributed by atoms with Crippen LogP contribution in [0.2, 0.25) is 4.47 Å². The average Bonchev–Trinajstić information content (AvgIpc) is 2.74. The lowest BCUT2D eigenvalue weighted by Gasteiger charge is -2.21. The van der Waals surface area contributed by atoms with Crippen LogP contribution in [0.5, 0.6) is 0 Å². The van der Waals surface area contributed by atoms with Gasteiger partial charge in [0, 0.05) is 6.54 Å². The van der Waals surface area contributed by atoms with Crippen molar-refractivity contribution in [3.8, 4) is 0 Å². The van der Waals surface area contributed by atoms with E-state index < -0.39 is 0 Å². The molecule has 1 saturated heterocycles. The van der Waals surface area contributed by atoms with Gasteiger partial charge in [0.25, 0.3) is 5.91 Å². The van der Waals surface area contributed by atoms with Gasteiger partial charge in [0.2, 0.25) is 9.47 Å². The van der Waals surface area contributed by atoms with Gasteiger partial charge >= 0.3 is 0 Å². The molecule has 88 valence electrons. The van der Waals surface area contributed by atoms with Crippen molar-refractivity contribution in [2.45, 2.75) is 12.8 Å². The van der Waals surface area contributed by atoms with Gasteiger partial charge in [-0.2, -0.15) is 11.8 Å². The number of aromatic nitrogens is 2. The zero-order chi connectivity index (χ0) is 11.4. The van der Waals surface area contributed by atoms with Crippen LogP contribution in [0.15, 0.2) is 0 Å². The van der Waals surface area contributed by atoms with Crippen LogP contribution in [0, 0.1) is 5.92 Å². The van der Waals surface area contributed by atoms with Crippen molar-refractivity contribution in [3.63, 3.8) is 0 Å². The van der Waals surface area contributed by atoms with Crippen molar-refractivity contribution < 1.29 is 4.79 Å². The number of carbonyl (C=O) groups is 1. The molecule has 7 heteroatoms. The minimum Gasteiger partial charge on any atom is -0.350 e. The molecule has 0 unspecified atom stereocenters. The number of hydrogen-bond donors (Lipinski definition) is 1. The highest BCUT2D eigenvalue weighted by molar-refractivity contribution is 7.99. The monoisotopic (exact) mass is 277 g/mol. The lowest BCUT2D eigenvalue weighted by atomic mass is 10.0. The molecule has 0 saturated carbocycles. The molecule has 1 fully saturated rings. The third-order valence-electron chi connectivity index (χ3n) is 2.49. The fraction of sp³-hybridized carbons (Fsp3) is 0.667. The third kappa shape index (κ3) is 3.33. The quantitative estimate of drug-likeness (QED) is 0.919. The van der Waals surface area contributed by atoms with Gasteiger partial charge in [-0.3, -0.25) is 4.79 Å². The summed E-state index contributed by atoms with van der Waals surface area (Å²) in [6.07, 6.45) is 2.36. The van der Waals surface area contributed by atoms with Crippen molar-refractivity contribution in [1.82, 2.24) is 15.5 Å². The molecule has 1 aromatic rings. The molecule has 2 rings (SSSR count). The van der Waals surface area contributed by atoms with Crippen LogP contribution < -0.4 is 5.32 Å². The summed E-state index contributed by atoms with van der Waals surface area (Å²) in [7, 11) is 0. The molecule has 1 aliphatic rings. The Labute approximate surface area is 107 Å². The maximum atomic E-state index is 11.6. The summed E-state index contributed by atoms with van der Waals surface area (Å²) in [5.41, 5.74) is 0. The van der Waals surface area contributed by atoms with Crippen molar-refractivity contribution in [3.05, 3.63) is 9.47 Å². The number of rotatable bonds is 3. The van der Waals surface area contributed by atoms with Gasteiger partial charge < -0.3 is 5.32 Å². The van der Waals surface area contributed by atoms with E-state index in [9.17, 15) is 4.79 Å². The van der Waals surface area contributed by atoms with Gasteiger partial charge in [0.1, 0.15) is 0 Å². The molecule has 0 bridgehead atoms. The standard InChI is InChI=1S/C9H12ClN3OS2/c10-9-13-12-8(16-9)7(14)11-5-6-1-3-15-4-2-6/h6H,1-5H2,(H,11,14). The van der Waals surface area contributed by atoms with Crippen LogP contribution in [-0.4, -0.2) is 34.2 Å². The van der Waals surface area contributed by atoms with E-state index in [-0.39, 0.29) is 5.91 Å². The third-order valence-corrected chi connectivity index (χ3v) is 4.55. The summed E-state index contributed by atoms with van der Waals surface area (Å²) in [4.78, 5) is 11.6. The highest BCUT2D eigenvalue weighted by Crippen LogP contribution is 2.22. The molecule has 16 heavy (non-hydrogen) atoms. The van der Waals surface area contributed by atoms with E-state index >= 15 is 0 Å². The first-order valence-corrected chi connectivity index (χ1v) is 7.45. The maximum absolute atomic E-state index is 11.6. The Bertz CT molecular complexity index is 365. The zero-order valence-electron chi connectivity index (χ0n) is 8.61. The van der Waals surface area contributed by atoms with Gasteiger partial charge in [-0.05, 0) is 41.9 Å². The molecule has 1 aliphatic heterocycles. The highest BCUT2D eigenvalue weighted by atomic mass is 35.5. The van der Waals surface area contributed by atoms with Gasteiger partial charge in [-0.25, -0.2) is 0 Å². The predicted octanol–water partition coefficient (Wildman–Crippen LogP) is 2.06. The highest BCUT2D eigenvalue weighted by Gasteiger charge is 2.16. The molecule has 4 nitrogen and oxygen atoms in total. The van der Waals surface area contributed by atoms with E-state index in [0.717, 1.165) is 17.9 Å². The molecule has 0 atom stereocenters. The van der Waals surface area contributed by atoms with Crippen molar-refractivity contribution in [1.29, 1.82) is 0 Å². The lowest BCUT2D eigenvalue weighted by molar-refractivity contribution is 0.0945. The number of amides is 1. The molecule has 0 aromatic carbocycles. The fourth-order valence-electron chi connectivity index (χ4n) is 1.56. The molecular weight excluding hydrogens is 266 g/mol. The minimum absolute atomic E-state index is 0.164. The van der Waals surface area contributed by atoms with Crippen LogP contribution in [-0.2, 0) is 0 Å². The topological polar surface area (TPSA) is 54.9 Å². The van der Waals surface area contributed by atoms with Gasteiger partial charge in [0.05, 0.1) is 0 Å². The largest absolute Gasteiger partial charge is 0.350 e. The van der Waals surface area contributed by atoms with Crippen LogP contribution >= 0.6 is 34.7 Å². The van der Waals surface area contributed by atoms with Crippen molar-refractivity contribution >= 4 is 40.6 Å². The molecule has 1 N–H and O–H groups in total. The van der Waals surface area contributed by atoms with Gasteiger partial charge in [0.15, 0.2) is 0 Å². The second kappa shape index (κ2) is 5.84. The second-order valence-corrected chi connectivity index (χ2v) is 6.41. The smallest absolute Gasteiger partial charge is 0.282 e. The molecule has 2 heterocycles. The van der Waals surface area contributed by atoms with E-state index in [0.29, 0.717) is 15.4 Å². The number of thioether (sulfide) groups is 1. The minimum atomic E-state index is -0.164. The summed E-state index contributed by atoms with van der Waals surface area (Å²) in [6.45, 7) is 0.733. The average molecular weight is 278 g/mol. The number of halogens is 1. The lowest BCUT2D eigenvalue weighted by Crippen LogP contribution is -2.30. The first kappa shape index (κ1) is 12.1. The summed E-state index contributed by atoms with van der Waals surface area (Å²) in [6, 6.07) is 0. The summed E-state index contributed by atoms with van der Waals surface area (Å²) in [5.74, 6) is 2.84. The van der Waals surface area contributed by atoms with E-state index in [4.69, 9.17) is 11.6 Å². The van der Waals surface area contributed by atoms with E-state index in [1.165, 1.54) is 24.3 Å². The number of hydrogen-bond acceptors (Lipinski definition) is 5. The Balaban J connectivity index is 1.79. The SMILES string of the molecule is O=C(NCC1CCSCC1)c1nnc(Cl)s1. The Hall–Kier alpha value is -0.330. The Morgan fingerprint density at radius 2 is 2.19 bits per heavy atom. The van der Waals surface area contributed by atoms with Crippen LogP contribution in [0.4, 0.5) is 0 Å². The second-order valence-electron chi connectivity index (χ2n) is 3.63. The van der Waals surface area contributed by atoms with Gasteiger partial charge in [-0.15, -0.1) is 10.2 Å². The van der Waals surface area contributed by atoms with Gasteiger partial charge in [-0.1, -0.05) is 11.3 Å². The van der Waals surface area contributed by atoms with Crippen molar-refractivity contribution in [2.24, 2.45) is 5.92 Å². The predicted molar refractivity (Wildman–Crippen MR) is 67.3 cm³/mol. The zero-order valence-corrected chi connectivity index (χ0v) is 11.0. The maximum Gasteiger partial charge on any atom is 0.282 e. The number of nitrogens with zero attached hydrogens (tertiary/aromatic N) is 2. The summed E-state index contributed by atoms with van der Waals surface area (Å²) >= 11 is 8.71. The first-order chi connectivity index (χ1) is 7.75. The summed E-state index contributed by atoms with van der Waals surface area (Å²) < 4.78 is 0.305. The Morgan fingerprint density at radius 3 is 2.81 bits per heavy atom. The molecule has 1 amide bonds. The van der Waals surface area contributed by atoms with Crippen LogP contribution in [0.25, 0.3) is 0 Å². The van der Waals surface area contributed by atoms with E-state index in [1.54, 1.807) is 0 Å². The van der Waals surface area contributed by atoms with Crippen LogP contribution in [0.3, 0.4) is 0 Å². The summed E-state index contributed by atoms with van der Waals surface area (Å²) in [5, 5.41) is 10.5. The molecular formula is C9H12ClN3OS2. The van der Waals surface area contributed by atoms with E-state index in [2.05, 4.69) is 15.5 Å². The normalized spacial score (nSPS) is 17.3.